The normalized spacial score (nSPS) is 16.8. The van der Waals surface area contributed by atoms with Crippen LogP contribution in [0, 0.1) is 6.92 Å². The molecule has 7 nitrogen and oxygen atoms in total. The van der Waals surface area contributed by atoms with Crippen LogP contribution in [0.15, 0.2) is 47.4 Å². The van der Waals surface area contributed by atoms with Crippen molar-refractivity contribution in [1.29, 1.82) is 0 Å². The second-order valence-electron chi connectivity index (χ2n) is 6.95. The standard InChI is InChI=1S/C20H22N4O3/c1-14-5-3-6-16(11-14)27-13-18(25)23-10-8-15(12-23)24-19-17(7-4-9-21-19)22(2)20(24)26/h3-7,9,11,15H,8,10,12-13H2,1-2H3/t15-/m1/s1. The number of aromatic nitrogens is 3. The Morgan fingerprint density at radius 2 is 2.15 bits per heavy atom. The summed E-state index contributed by atoms with van der Waals surface area (Å²) in [6.45, 7) is 3.08. The molecular formula is C20H22N4O3. The highest BCUT2D eigenvalue weighted by atomic mass is 16.5. The zero-order valence-electron chi connectivity index (χ0n) is 15.5. The summed E-state index contributed by atoms with van der Waals surface area (Å²) in [4.78, 5) is 31.3. The van der Waals surface area contributed by atoms with E-state index in [0.29, 0.717) is 24.5 Å². The lowest BCUT2D eigenvalue weighted by Gasteiger charge is -2.17. The summed E-state index contributed by atoms with van der Waals surface area (Å²) in [7, 11) is 1.75. The van der Waals surface area contributed by atoms with Gasteiger partial charge in [0.1, 0.15) is 5.75 Å². The molecule has 0 spiro atoms. The van der Waals surface area contributed by atoms with Crippen molar-refractivity contribution in [3.05, 3.63) is 58.6 Å². The SMILES string of the molecule is Cc1cccc(OCC(=O)N2CC[C@@H](n3c(=O)n(C)c4cccnc43)C2)c1. The molecule has 0 aliphatic carbocycles. The van der Waals surface area contributed by atoms with Gasteiger partial charge in [0.2, 0.25) is 0 Å². The van der Waals surface area contributed by atoms with Crippen molar-refractivity contribution in [3.63, 3.8) is 0 Å². The van der Waals surface area contributed by atoms with Gasteiger partial charge in [-0.25, -0.2) is 9.78 Å². The predicted octanol–water partition coefficient (Wildman–Crippen LogP) is 1.90. The molecule has 27 heavy (non-hydrogen) atoms. The molecule has 7 heteroatoms. The first-order valence-electron chi connectivity index (χ1n) is 9.04. The van der Waals surface area contributed by atoms with Gasteiger partial charge < -0.3 is 9.64 Å². The lowest BCUT2D eigenvalue weighted by atomic mass is 10.2. The molecule has 0 bridgehead atoms. The summed E-state index contributed by atoms with van der Waals surface area (Å²) in [5.41, 5.74) is 2.46. The molecule has 1 aliphatic rings. The Bertz CT molecular complexity index is 1050. The van der Waals surface area contributed by atoms with E-state index in [0.717, 1.165) is 17.5 Å². The van der Waals surface area contributed by atoms with Gasteiger partial charge in [-0.05, 0) is 43.2 Å². The number of hydrogen-bond acceptors (Lipinski definition) is 4. The maximum absolute atomic E-state index is 12.7. The van der Waals surface area contributed by atoms with Gasteiger partial charge in [0.05, 0.1) is 11.6 Å². The van der Waals surface area contributed by atoms with Crippen LogP contribution < -0.4 is 10.4 Å². The number of carbonyl (C=O) groups excluding carboxylic acids is 1. The third kappa shape index (κ3) is 3.20. The van der Waals surface area contributed by atoms with Crippen LogP contribution in [0.5, 0.6) is 5.75 Å². The molecule has 1 fully saturated rings. The van der Waals surface area contributed by atoms with Crippen molar-refractivity contribution >= 4 is 17.1 Å². The van der Waals surface area contributed by atoms with E-state index in [1.54, 1.807) is 27.3 Å². The molecule has 1 amide bonds. The predicted molar refractivity (Wildman–Crippen MR) is 102 cm³/mol. The zero-order chi connectivity index (χ0) is 19.0. The molecular weight excluding hydrogens is 344 g/mol. The van der Waals surface area contributed by atoms with Crippen LogP contribution in [0.4, 0.5) is 0 Å². The number of carbonyl (C=O) groups is 1. The van der Waals surface area contributed by atoms with Gasteiger partial charge in [-0.3, -0.25) is 13.9 Å². The van der Waals surface area contributed by atoms with Gasteiger partial charge in [0.15, 0.2) is 12.3 Å². The van der Waals surface area contributed by atoms with Crippen molar-refractivity contribution in [2.24, 2.45) is 7.05 Å². The number of likely N-dealkylation sites (tertiary alicyclic amines) is 1. The third-order valence-corrected chi connectivity index (χ3v) is 5.08. The van der Waals surface area contributed by atoms with E-state index < -0.39 is 0 Å². The van der Waals surface area contributed by atoms with Crippen molar-refractivity contribution < 1.29 is 9.53 Å². The van der Waals surface area contributed by atoms with Crippen molar-refractivity contribution in [3.8, 4) is 5.75 Å². The van der Waals surface area contributed by atoms with Crippen LogP contribution in [0.3, 0.4) is 0 Å². The van der Waals surface area contributed by atoms with E-state index in [1.807, 2.05) is 43.3 Å². The van der Waals surface area contributed by atoms with E-state index in [2.05, 4.69) is 4.98 Å². The molecule has 1 saturated heterocycles. The Morgan fingerprint density at radius 3 is 2.96 bits per heavy atom. The van der Waals surface area contributed by atoms with Crippen LogP contribution >= 0.6 is 0 Å². The van der Waals surface area contributed by atoms with Crippen molar-refractivity contribution in [2.45, 2.75) is 19.4 Å². The number of ether oxygens (including phenoxy) is 1. The van der Waals surface area contributed by atoms with E-state index in [4.69, 9.17) is 4.74 Å². The molecule has 1 atom stereocenters. The number of amides is 1. The van der Waals surface area contributed by atoms with Crippen LogP contribution in [0.25, 0.3) is 11.2 Å². The molecule has 2 aromatic heterocycles. The third-order valence-electron chi connectivity index (χ3n) is 5.08. The van der Waals surface area contributed by atoms with Gasteiger partial charge in [-0.15, -0.1) is 0 Å². The minimum Gasteiger partial charge on any atom is -0.484 e. The van der Waals surface area contributed by atoms with Crippen LogP contribution in [0.2, 0.25) is 0 Å². The number of benzene rings is 1. The first-order chi connectivity index (χ1) is 13.0. The summed E-state index contributed by atoms with van der Waals surface area (Å²) in [5, 5.41) is 0. The molecule has 1 aromatic carbocycles. The van der Waals surface area contributed by atoms with Gasteiger partial charge in [-0.1, -0.05) is 12.1 Å². The summed E-state index contributed by atoms with van der Waals surface area (Å²) in [6.07, 6.45) is 2.41. The topological polar surface area (TPSA) is 69.4 Å². The summed E-state index contributed by atoms with van der Waals surface area (Å²) in [6, 6.07) is 11.3. The monoisotopic (exact) mass is 366 g/mol. The maximum Gasteiger partial charge on any atom is 0.330 e. The Kier molecular flexibility index (Phi) is 4.43. The first-order valence-corrected chi connectivity index (χ1v) is 9.04. The van der Waals surface area contributed by atoms with Crippen LogP contribution in [-0.4, -0.2) is 44.6 Å². The lowest BCUT2D eigenvalue weighted by molar-refractivity contribution is -0.132. The fourth-order valence-corrected chi connectivity index (χ4v) is 3.64. The van der Waals surface area contributed by atoms with Crippen molar-refractivity contribution in [2.75, 3.05) is 19.7 Å². The number of aryl methyl sites for hydroxylation is 2. The second-order valence-corrected chi connectivity index (χ2v) is 6.95. The average molecular weight is 366 g/mol. The first kappa shape index (κ1) is 17.3. The van der Waals surface area contributed by atoms with E-state index in [-0.39, 0.29) is 24.2 Å². The molecule has 3 aromatic rings. The van der Waals surface area contributed by atoms with Gasteiger partial charge >= 0.3 is 5.69 Å². The van der Waals surface area contributed by atoms with Gasteiger partial charge in [-0.2, -0.15) is 0 Å². The highest BCUT2D eigenvalue weighted by Crippen LogP contribution is 2.24. The van der Waals surface area contributed by atoms with Gasteiger partial charge in [0.25, 0.3) is 5.91 Å². The number of pyridine rings is 1. The smallest absolute Gasteiger partial charge is 0.330 e. The number of hydrogen-bond donors (Lipinski definition) is 0. The molecule has 0 saturated carbocycles. The van der Waals surface area contributed by atoms with E-state index >= 15 is 0 Å². The highest BCUT2D eigenvalue weighted by molar-refractivity contribution is 5.78. The van der Waals surface area contributed by atoms with Crippen LogP contribution in [0.1, 0.15) is 18.0 Å². The number of fused-ring (bicyclic) bond motifs is 1. The quantitative estimate of drug-likeness (QED) is 0.707. The Hall–Kier alpha value is -3.09. The fourth-order valence-electron chi connectivity index (χ4n) is 3.64. The fraction of sp³-hybridized carbons (Fsp3) is 0.350. The Morgan fingerprint density at radius 1 is 1.30 bits per heavy atom. The summed E-state index contributed by atoms with van der Waals surface area (Å²) >= 11 is 0. The van der Waals surface area contributed by atoms with Gasteiger partial charge in [0, 0.05) is 26.3 Å². The number of imidazole rings is 1. The molecule has 140 valence electrons. The number of rotatable bonds is 4. The molecule has 0 unspecified atom stereocenters. The van der Waals surface area contributed by atoms with E-state index in [1.165, 1.54) is 0 Å². The minimum atomic E-state index is -0.0981. The molecule has 0 N–H and O–H groups in total. The molecule has 1 aliphatic heterocycles. The number of nitrogens with zero attached hydrogens (tertiary/aromatic N) is 4. The summed E-state index contributed by atoms with van der Waals surface area (Å²) in [5.74, 6) is 0.619. The van der Waals surface area contributed by atoms with E-state index in [9.17, 15) is 9.59 Å². The minimum absolute atomic E-state index is 0.00113. The van der Waals surface area contributed by atoms with Crippen LogP contribution in [-0.2, 0) is 11.8 Å². The maximum atomic E-state index is 12.7. The summed E-state index contributed by atoms with van der Waals surface area (Å²) < 4.78 is 8.94. The van der Waals surface area contributed by atoms with Crippen molar-refractivity contribution in [1.82, 2.24) is 19.0 Å². The molecule has 3 heterocycles. The largest absolute Gasteiger partial charge is 0.484 e. The highest BCUT2D eigenvalue weighted by Gasteiger charge is 2.30. The average Bonchev–Trinajstić information content (AvgIpc) is 3.24. The Labute approximate surface area is 156 Å². The Balaban J connectivity index is 1.47. The molecule has 0 radical (unpaired) electrons. The molecule has 4 rings (SSSR count). The second kappa shape index (κ2) is 6.90. The zero-order valence-corrected chi connectivity index (χ0v) is 15.5. The lowest BCUT2D eigenvalue weighted by Crippen LogP contribution is -2.34.